The number of carbonyl (C=O) groups is 2. The number of hydrogen-bond donors (Lipinski definition) is 2. The van der Waals surface area contributed by atoms with Crippen molar-refractivity contribution in [2.24, 2.45) is 0 Å². The number of nitrogens with zero attached hydrogens (tertiary/aromatic N) is 3. The van der Waals surface area contributed by atoms with Crippen molar-refractivity contribution >= 4 is 29.3 Å². The second kappa shape index (κ2) is 8.84. The largest absolute Gasteiger partial charge is 0.478 e. The lowest BCUT2D eigenvalue weighted by Gasteiger charge is -2.09. The van der Waals surface area contributed by atoms with Crippen LogP contribution in [0.1, 0.15) is 15.9 Å². The standard InChI is InChI=1S/C21H16N4O5S/c1-12-6-7-13(20(27)28)10-14(12)22-17(26)11-31-21-23-18(15-4-2-8-29-15)19(24-25-21)16-5-3-9-30-16/h2-10H,11H2,1H3,(H,22,26)(H,27,28). The molecule has 0 aliphatic carbocycles. The number of carboxylic acids is 1. The van der Waals surface area contributed by atoms with Crippen LogP contribution < -0.4 is 5.32 Å². The average Bonchev–Trinajstić information content (AvgIpc) is 3.48. The summed E-state index contributed by atoms with van der Waals surface area (Å²) in [7, 11) is 0. The summed E-state index contributed by atoms with van der Waals surface area (Å²) in [5.74, 6) is -0.389. The van der Waals surface area contributed by atoms with Gasteiger partial charge in [-0.15, -0.1) is 10.2 Å². The molecule has 0 saturated heterocycles. The number of rotatable bonds is 7. The molecule has 10 heteroatoms. The Morgan fingerprint density at radius 1 is 1.03 bits per heavy atom. The van der Waals surface area contributed by atoms with Gasteiger partial charge in [-0.3, -0.25) is 4.79 Å². The van der Waals surface area contributed by atoms with Gasteiger partial charge in [-0.25, -0.2) is 9.78 Å². The van der Waals surface area contributed by atoms with E-state index in [1.54, 1.807) is 37.3 Å². The average molecular weight is 436 g/mol. The van der Waals surface area contributed by atoms with Crippen LogP contribution in [-0.4, -0.2) is 37.9 Å². The Morgan fingerprint density at radius 3 is 2.39 bits per heavy atom. The molecule has 0 fully saturated rings. The number of aromatic nitrogens is 3. The van der Waals surface area contributed by atoms with Crippen LogP contribution in [0, 0.1) is 6.92 Å². The maximum absolute atomic E-state index is 12.4. The summed E-state index contributed by atoms with van der Waals surface area (Å²) in [6, 6.07) is 11.5. The van der Waals surface area contributed by atoms with Gasteiger partial charge in [-0.05, 0) is 48.9 Å². The number of aromatic carboxylic acids is 1. The minimum absolute atomic E-state index is 0.0100. The molecule has 0 saturated carbocycles. The van der Waals surface area contributed by atoms with E-state index in [-0.39, 0.29) is 22.4 Å². The Hall–Kier alpha value is -3.92. The second-order valence-electron chi connectivity index (χ2n) is 6.42. The van der Waals surface area contributed by atoms with Gasteiger partial charge in [0.1, 0.15) is 5.69 Å². The van der Waals surface area contributed by atoms with E-state index in [1.807, 2.05) is 0 Å². The number of hydrogen-bond acceptors (Lipinski definition) is 8. The Morgan fingerprint density at radius 2 is 1.74 bits per heavy atom. The molecule has 1 aromatic carbocycles. The van der Waals surface area contributed by atoms with Gasteiger partial charge in [0.05, 0.1) is 23.8 Å². The van der Waals surface area contributed by atoms with Crippen LogP contribution in [0.25, 0.3) is 22.9 Å². The van der Waals surface area contributed by atoms with Crippen molar-refractivity contribution < 1.29 is 23.5 Å². The first kappa shape index (κ1) is 20.4. The summed E-state index contributed by atoms with van der Waals surface area (Å²) >= 11 is 1.10. The summed E-state index contributed by atoms with van der Waals surface area (Å²) in [4.78, 5) is 28.0. The molecule has 2 N–H and O–H groups in total. The summed E-state index contributed by atoms with van der Waals surface area (Å²) < 4.78 is 10.9. The number of carbonyl (C=O) groups excluding carboxylic acids is 1. The number of anilines is 1. The lowest BCUT2D eigenvalue weighted by atomic mass is 10.1. The van der Waals surface area contributed by atoms with Gasteiger partial charge in [-0.1, -0.05) is 17.8 Å². The fraction of sp³-hybridized carbons (Fsp3) is 0.0952. The third-order valence-corrected chi connectivity index (χ3v) is 5.11. The van der Waals surface area contributed by atoms with Crippen molar-refractivity contribution in [3.05, 3.63) is 66.1 Å². The molecule has 3 heterocycles. The maximum atomic E-state index is 12.4. The van der Waals surface area contributed by atoms with E-state index in [0.29, 0.717) is 28.6 Å². The molecular formula is C21H16N4O5S. The number of amides is 1. The lowest BCUT2D eigenvalue weighted by molar-refractivity contribution is -0.113. The van der Waals surface area contributed by atoms with Crippen molar-refractivity contribution in [1.82, 2.24) is 15.2 Å². The zero-order valence-electron chi connectivity index (χ0n) is 16.2. The molecule has 0 spiro atoms. The Labute approximate surface area is 180 Å². The number of benzene rings is 1. The van der Waals surface area contributed by atoms with Crippen LogP contribution in [0.15, 0.2) is 69.0 Å². The molecule has 0 aliphatic heterocycles. The van der Waals surface area contributed by atoms with E-state index >= 15 is 0 Å². The summed E-state index contributed by atoms with van der Waals surface area (Å²) in [5, 5.41) is 20.4. The zero-order chi connectivity index (χ0) is 21.8. The molecule has 0 radical (unpaired) electrons. The second-order valence-corrected chi connectivity index (χ2v) is 7.36. The highest BCUT2D eigenvalue weighted by Gasteiger charge is 2.18. The molecule has 0 unspecified atom stereocenters. The lowest BCUT2D eigenvalue weighted by Crippen LogP contribution is -2.16. The van der Waals surface area contributed by atoms with Gasteiger partial charge in [-0.2, -0.15) is 0 Å². The molecule has 3 aromatic heterocycles. The van der Waals surface area contributed by atoms with Crippen molar-refractivity contribution in [2.45, 2.75) is 12.1 Å². The zero-order valence-corrected chi connectivity index (χ0v) is 17.0. The normalized spacial score (nSPS) is 10.7. The van der Waals surface area contributed by atoms with Gasteiger partial charge >= 0.3 is 5.97 Å². The van der Waals surface area contributed by atoms with E-state index < -0.39 is 5.97 Å². The van der Waals surface area contributed by atoms with Gasteiger partial charge in [0.25, 0.3) is 0 Å². The molecular weight excluding hydrogens is 420 g/mol. The quantitative estimate of drug-likeness (QED) is 0.410. The van der Waals surface area contributed by atoms with Crippen LogP contribution in [0.4, 0.5) is 5.69 Å². The number of thioether (sulfide) groups is 1. The molecule has 31 heavy (non-hydrogen) atoms. The topological polar surface area (TPSA) is 131 Å². The van der Waals surface area contributed by atoms with Crippen LogP contribution >= 0.6 is 11.8 Å². The van der Waals surface area contributed by atoms with Crippen molar-refractivity contribution in [3.63, 3.8) is 0 Å². The van der Waals surface area contributed by atoms with Crippen molar-refractivity contribution in [1.29, 1.82) is 0 Å². The van der Waals surface area contributed by atoms with Crippen molar-refractivity contribution in [2.75, 3.05) is 11.1 Å². The van der Waals surface area contributed by atoms with Crippen LogP contribution in [0.3, 0.4) is 0 Å². The number of furan rings is 2. The van der Waals surface area contributed by atoms with Crippen molar-refractivity contribution in [3.8, 4) is 22.9 Å². The highest BCUT2D eigenvalue weighted by atomic mass is 32.2. The van der Waals surface area contributed by atoms with E-state index in [0.717, 1.165) is 17.3 Å². The Bertz CT molecular complexity index is 1220. The molecule has 9 nitrogen and oxygen atoms in total. The number of aryl methyl sites for hydroxylation is 1. The van der Waals surface area contributed by atoms with Crippen LogP contribution in [0.2, 0.25) is 0 Å². The fourth-order valence-corrected chi connectivity index (χ4v) is 3.33. The smallest absolute Gasteiger partial charge is 0.335 e. The first-order valence-electron chi connectivity index (χ1n) is 9.10. The SMILES string of the molecule is Cc1ccc(C(=O)O)cc1NC(=O)CSc1nnc(-c2ccco2)c(-c2ccco2)n1. The van der Waals surface area contributed by atoms with Crippen LogP contribution in [0.5, 0.6) is 0 Å². The minimum Gasteiger partial charge on any atom is -0.478 e. The predicted molar refractivity (Wildman–Crippen MR) is 113 cm³/mol. The van der Waals surface area contributed by atoms with E-state index in [2.05, 4.69) is 20.5 Å². The maximum Gasteiger partial charge on any atom is 0.335 e. The van der Waals surface area contributed by atoms with E-state index in [4.69, 9.17) is 13.9 Å². The molecule has 0 aliphatic rings. The Balaban J connectivity index is 1.50. The third kappa shape index (κ3) is 4.64. The van der Waals surface area contributed by atoms with E-state index in [9.17, 15) is 9.59 Å². The predicted octanol–water partition coefficient (Wildman–Crippen LogP) is 4.13. The first-order chi connectivity index (χ1) is 15.0. The minimum atomic E-state index is -1.06. The van der Waals surface area contributed by atoms with Crippen LogP contribution in [-0.2, 0) is 4.79 Å². The number of nitrogens with one attached hydrogen (secondary N) is 1. The van der Waals surface area contributed by atoms with E-state index in [1.165, 1.54) is 24.7 Å². The first-order valence-corrected chi connectivity index (χ1v) is 10.1. The Kier molecular flexibility index (Phi) is 5.80. The van der Waals surface area contributed by atoms with Gasteiger partial charge in [0.15, 0.2) is 17.2 Å². The summed E-state index contributed by atoms with van der Waals surface area (Å²) in [6.07, 6.45) is 3.05. The highest BCUT2D eigenvalue weighted by molar-refractivity contribution is 7.99. The van der Waals surface area contributed by atoms with Gasteiger partial charge in [0, 0.05) is 5.69 Å². The molecule has 0 bridgehead atoms. The summed E-state index contributed by atoms with van der Waals surface area (Å²) in [6.45, 7) is 1.78. The monoisotopic (exact) mass is 436 g/mol. The van der Waals surface area contributed by atoms with Gasteiger partial charge in [0.2, 0.25) is 11.1 Å². The molecule has 1 amide bonds. The fourth-order valence-electron chi connectivity index (χ4n) is 2.74. The molecule has 4 rings (SSSR count). The highest BCUT2D eigenvalue weighted by Crippen LogP contribution is 2.30. The van der Waals surface area contributed by atoms with Gasteiger partial charge < -0.3 is 19.3 Å². The number of carboxylic acid groups (broad SMARTS) is 1. The molecule has 4 aromatic rings. The third-order valence-electron chi connectivity index (χ3n) is 4.27. The molecule has 0 atom stereocenters. The summed E-state index contributed by atoms with van der Waals surface area (Å²) in [5.41, 5.74) is 2.16. The molecule has 156 valence electrons.